The van der Waals surface area contributed by atoms with Gasteiger partial charge in [-0.1, -0.05) is 26.7 Å². The van der Waals surface area contributed by atoms with Gasteiger partial charge in [0.25, 0.3) is 0 Å². The van der Waals surface area contributed by atoms with E-state index in [0.717, 1.165) is 32.4 Å². The summed E-state index contributed by atoms with van der Waals surface area (Å²) in [5.41, 5.74) is 0. The fourth-order valence-corrected chi connectivity index (χ4v) is 1.79. The van der Waals surface area contributed by atoms with E-state index in [4.69, 9.17) is 9.47 Å². The first-order valence-electron chi connectivity index (χ1n) is 6.71. The number of ether oxygens (including phenoxy) is 2. The van der Waals surface area contributed by atoms with E-state index in [1.54, 1.807) is 7.11 Å². The van der Waals surface area contributed by atoms with Gasteiger partial charge < -0.3 is 19.9 Å². The average molecular weight is 247 g/mol. The van der Waals surface area contributed by atoms with E-state index >= 15 is 0 Å². The first-order chi connectivity index (χ1) is 8.26. The lowest BCUT2D eigenvalue weighted by atomic mass is 9.96. The zero-order chi connectivity index (χ0) is 12.9. The normalized spacial score (nSPS) is 13.2. The maximum Gasteiger partial charge on any atom is 0.0700 e. The lowest BCUT2D eigenvalue weighted by molar-refractivity contribution is 0.0680. The fourth-order valence-electron chi connectivity index (χ4n) is 1.79. The summed E-state index contributed by atoms with van der Waals surface area (Å²) in [6.45, 7) is 7.89. The molecule has 4 nitrogen and oxygen atoms in total. The van der Waals surface area contributed by atoms with Gasteiger partial charge in [-0.25, -0.2) is 0 Å². The second-order valence-corrected chi connectivity index (χ2v) is 4.31. The second-order valence-electron chi connectivity index (χ2n) is 4.31. The van der Waals surface area contributed by atoms with E-state index in [1.165, 1.54) is 0 Å². The zero-order valence-electron chi connectivity index (χ0n) is 11.6. The zero-order valence-corrected chi connectivity index (χ0v) is 11.6. The van der Waals surface area contributed by atoms with Crippen LogP contribution in [0, 0.1) is 5.92 Å². The second kappa shape index (κ2) is 12.3. The van der Waals surface area contributed by atoms with E-state index in [-0.39, 0.29) is 6.10 Å². The summed E-state index contributed by atoms with van der Waals surface area (Å²) in [4.78, 5) is 0. The number of aliphatic hydroxyl groups excluding tert-OH is 1. The van der Waals surface area contributed by atoms with Crippen molar-refractivity contribution in [1.29, 1.82) is 0 Å². The smallest absolute Gasteiger partial charge is 0.0700 e. The van der Waals surface area contributed by atoms with E-state index < -0.39 is 0 Å². The molecule has 0 aromatic heterocycles. The molecule has 0 aromatic rings. The molecule has 0 fully saturated rings. The molecule has 104 valence electrons. The van der Waals surface area contributed by atoms with Gasteiger partial charge in [-0.15, -0.1) is 0 Å². The summed E-state index contributed by atoms with van der Waals surface area (Å²) in [6.07, 6.45) is 2.83. The Bertz CT molecular complexity index is 152. The molecule has 0 amide bonds. The molecule has 0 saturated heterocycles. The highest BCUT2D eigenvalue weighted by atomic mass is 16.5. The third-order valence-electron chi connectivity index (χ3n) is 3.02. The van der Waals surface area contributed by atoms with Crippen molar-refractivity contribution >= 4 is 0 Å². The summed E-state index contributed by atoms with van der Waals surface area (Å²) < 4.78 is 10.2. The molecule has 0 heterocycles. The Hall–Kier alpha value is -0.160. The predicted octanol–water partition coefficient (Wildman–Crippen LogP) is 1.43. The van der Waals surface area contributed by atoms with Crippen molar-refractivity contribution in [2.24, 2.45) is 5.92 Å². The molecular weight excluding hydrogens is 218 g/mol. The summed E-state index contributed by atoms with van der Waals surface area (Å²) >= 11 is 0. The summed E-state index contributed by atoms with van der Waals surface area (Å²) in [6, 6.07) is 0. The van der Waals surface area contributed by atoms with Crippen molar-refractivity contribution in [2.75, 3.05) is 40.0 Å². The van der Waals surface area contributed by atoms with Gasteiger partial charge in [0.15, 0.2) is 0 Å². The third kappa shape index (κ3) is 9.53. The summed E-state index contributed by atoms with van der Waals surface area (Å²) in [7, 11) is 1.67. The Kier molecular flexibility index (Phi) is 12.2. The SMILES string of the molecule is CCC(CC)C(O)CNCCCOCCOC. The van der Waals surface area contributed by atoms with Crippen LogP contribution < -0.4 is 5.32 Å². The number of hydrogen-bond donors (Lipinski definition) is 2. The molecule has 1 unspecified atom stereocenters. The monoisotopic (exact) mass is 247 g/mol. The van der Waals surface area contributed by atoms with Gasteiger partial charge in [0, 0.05) is 20.3 Å². The van der Waals surface area contributed by atoms with Gasteiger partial charge >= 0.3 is 0 Å². The Balaban J connectivity index is 3.27. The molecule has 2 N–H and O–H groups in total. The van der Waals surface area contributed by atoms with Crippen molar-refractivity contribution in [3.05, 3.63) is 0 Å². The van der Waals surface area contributed by atoms with Gasteiger partial charge in [-0.3, -0.25) is 0 Å². The highest BCUT2D eigenvalue weighted by molar-refractivity contribution is 4.68. The highest BCUT2D eigenvalue weighted by Crippen LogP contribution is 2.11. The standard InChI is InChI=1S/C13H29NO3/c1-4-12(5-2)13(15)11-14-7-6-8-17-10-9-16-3/h12-15H,4-11H2,1-3H3. The molecule has 17 heavy (non-hydrogen) atoms. The number of hydrogen-bond acceptors (Lipinski definition) is 4. The third-order valence-corrected chi connectivity index (χ3v) is 3.02. The minimum Gasteiger partial charge on any atom is -0.392 e. The van der Waals surface area contributed by atoms with Crippen LogP contribution in [0.5, 0.6) is 0 Å². The molecule has 0 radical (unpaired) electrons. The minimum atomic E-state index is -0.223. The number of rotatable bonds is 12. The van der Waals surface area contributed by atoms with E-state index in [1.807, 2.05) is 0 Å². The first kappa shape index (κ1) is 16.8. The molecule has 0 spiro atoms. The van der Waals surface area contributed by atoms with Crippen LogP contribution in [0.25, 0.3) is 0 Å². The van der Waals surface area contributed by atoms with Gasteiger partial charge in [-0.05, 0) is 18.9 Å². The van der Waals surface area contributed by atoms with Crippen LogP contribution in [-0.2, 0) is 9.47 Å². The van der Waals surface area contributed by atoms with E-state index in [2.05, 4.69) is 19.2 Å². The number of nitrogens with one attached hydrogen (secondary N) is 1. The molecule has 4 heteroatoms. The molecule has 0 saturated carbocycles. The molecule has 0 aromatic carbocycles. The fraction of sp³-hybridized carbons (Fsp3) is 1.00. The van der Waals surface area contributed by atoms with Gasteiger partial charge in [0.2, 0.25) is 0 Å². The topological polar surface area (TPSA) is 50.7 Å². The largest absolute Gasteiger partial charge is 0.392 e. The molecule has 0 aliphatic carbocycles. The van der Waals surface area contributed by atoms with Crippen molar-refractivity contribution in [1.82, 2.24) is 5.32 Å². The maximum absolute atomic E-state index is 9.87. The van der Waals surface area contributed by atoms with Crippen molar-refractivity contribution in [2.45, 2.75) is 39.2 Å². The number of methoxy groups -OCH3 is 1. The summed E-state index contributed by atoms with van der Waals surface area (Å²) in [5, 5.41) is 13.1. The molecular formula is C13H29NO3. The Labute approximate surface area is 106 Å². The first-order valence-corrected chi connectivity index (χ1v) is 6.71. The van der Waals surface area contributed by atoms with Gasteiger partial charge in [0.1, 0.15) is 0 Å². The number of aliphatic hydroxyl groups is 1. The van der Waals surface area contributed by atoms with Crippen LogP contribution in [0.4, 0.5) is 0 Å². The lowest BCUT2D eigenvalue weighted by Crippen LogP contribution is -2.33. The minimum absolute atomic E-state index is 0.223. The Morgan fingerprint density at radius 2 is 1.82 bits per heavy atom. The van der Waals surface area contributed by atoms with Gasteiger partial charge in [-0.2, -0.15) is 0 Å². The molecule has 0 aliphatic heterocycles. The van der Waals surface area contributed by atoms with Crippen molar-refractivity contribution < 1.29 is 14.6 Å². The van der Waals surface area contributed by atoms with E-state index in [0.29, 0.717) is 25.7 Å². The molecule has 0 bridgehead atoms. The van der Waals surface area contributed by atoms with Crippen molar-refractivity contribution in [3.63, 3.8) is 0 Å². The van der Waals surface area contributed by atoms with Crippen molar-refractivity contribution in [3.8, 4) is 0 Å². The Morgan fingerprint density at radius 1 is 1.12 bits per heavy atom. The van der Waals surface area contributed by atoms with Crippen LogP contribution in [-0.4, -0.2) is 51.2 Å². The van der Waals surface area contributed by atoms with Crippen LogP contribution in [0.15, 0.2) is 0 Å². The predicted molar refractivity (Wildman–Crippen MR) is 70.3 cm³/mol. The van der Waals surface area contributed by atoms with Crippen LogP contribution >= 0.6 is 0 Å². The Morgan fingerprint density at radius 3 is 2.41 bits per heavy atom. The van der Waals surface area contributed by atoms with Crippen LogP contribution in [0.2, 0.25) is 0 Å². The van der Waals surface area contributed by atoms with Gasteiger partial charge in [0.05, 0.1) is 19.3 Å². The highest BCUT2D eigenvalue weighted by Gasteiger charge is 2.14. The van der Waals surface area contributed by atoms with Crippen LogP contribution in [0.1, 0.15) is 33.1 Å². The average Bonchev–Trinajstić information content (AvgIpc) is 2.34. The molecule has 1 atom stereocenters. The maximum atomic E-state index is 9.87. The lowest BCUT2D eigenvalue weighted by Gasteiger charge is -2.20. The molecule has 0 aliphatic rings. The van der Waals surface area contributed by atoms with Crippen LogP contribution in [0.3, 0.4) is 0 Å². The molecule has 0 rings (SSSR count). The van der Waals surface area contributed by atoms with E-state index in [9.17, 15) is 5.11 Å². The summed E-state index contributed by atoms with van der Waals surface area (Å²) in [5.74, 6) is 0.417. The quantitative estimate of drug-likeness (QED) is 0.512.